The fraction of sp³-hybridized carbons (Fsp3) is 0.375. The number of urea groups is 2. The number of halogens is 1. The van der Waals surface area contributed by atoms with Crippen LogP contribution in [0.15, 0.2) is 24.3 Å². The molecule has 1 saturated heterocycles. The van der Waals surface area contributed by atoms with Gasteiger partial charge in [0.15, 0.2) is 0 Å². The molecule has 1 heterocycles. The number of nitrogens with zero attached hydrogens (tertiary/aromatic N) is 1. The summed E-state index contributed by atoms with van der Waals surface area (Å²) in [6.07, 6.45) is 1.77. The summed E-state index contributed by atoms with van der Waals surface area (Å²) in [5.41, 5.74) is -0.747. The number of imide groups is 2. The van der Waals surface area contributed by atoms with E-state index in [1.54, 1.807) is 31.2 Å². The molecule has 25 heavy (non-hydrogen) atoms. The van der Waals surface area contributed by atoms with Crippen molar-refractivity contribution in [2.45, 2.75) is 31.3 Å². The first-order valence-electron chi connectivity index (χ1n) is 7.80. The van der Waals surface area contributed by atoms with Gasteiger partial charge < -0.3 is 10.6 Å². The Bertz CT molecular complexity index is 747. The van der Waals surface area contributed by atoms with Gasteiger partial charge in [0.2, 0.25) is 5.91 Å². The van der Waals surface area contributed by atoms with Crippen LogP contribution in [0.2, 0.25) is 5.02 Å². The van der Waals surface area contributed by atoms with Crippen LogP contribution in [0, 0.1) is 0 Å². The van der Waals surface area contributed by atoms with Crippen molar-refractivity contribution in [3.63, 3.8) is 0 Å². The van der Waals surface area contributed by atoms with E-state index >= 15 is 0 Å². The van der Waals surface area contributed by atoms with Crippen molar-refractivity contribution in [3.8, 4) is 0 Å². The number of hydrogen-bond acceptors (Lipinski definition) is 4. The minimum atomic E-state index is -1.29. The lowest BCUT2D eigenvalue weighted by Crippen LogP contribution is -2.47. The molecule has 1 saturated carbocycles. The Morgan fingerprint density at radius 1 is 1.28 bits per heavy atom. The predicted molar refractivity (Wildman–Crippen MR) is 88.7 cm³/mol. The molecule has 0 radical (unpaired) electrons. The number of hydrogen-bond donors (Lipinski definition) is 3. The number of benzene rings is 1. The highest BCUT2D eigenvalue weighted by Gasteiger charge is 2.49. The Morgan fingerprint density at radius 3 is 2.52 bits per heavy atom. The number of carbonyl (C=O) groups excluding carboxylic acids is 4. The van der Waals surface area contributed by atoms with E-state index in [0.717, 1.165) is 17.7 Å². The van der Waals surface area contributed by atoms with Crippen LogP contribution >= 0.6 is 11.6 Å². The van der Waals surface area contributed by atoms with Crippen molar-refractivity contribution in [3.05, 3.63) is 34.9 Å². The van der Waals surface area contributed by atoms with E-state index < -0.39 is 36.0 Å². The highest BCUT2D eigenvalue weighted by atomic mass is 35.5. The molecular weight excluding hydrogens is 348 g/mol. The number of amides is 6. The first kappa shape index (κ1) is 17.2. The molecule has 1 aliphatic carbocycles. The van der Waals surface area contributed by atoms with Gasteiger partial charge in [-0.05, 0) is 37.5 Å². The second-order valence-electron chi connectivity index (χ2n) is 6.25. The van der Waals surface area contributed by atoms with Crippen LogP contribution < -0.4 is 16.0 Å². The zero-order valence-corrected chi connectivity index (χ0v) is 14.2. The molecule has 132 valence electrons. The smallest absolute Gasteiger partial charge is 0.325 e. The standard InChI is InChI=1S/C16H17ClN4O4/c1-16(9-2-4-10(17)5-3-9)13(23)21(15(25)20-16)8-12(22)19-14(24)18-11-6-7-11/h2-5,11H,6-8H2,1H3,(H,20,25)(H2,18,19,22,24)/t16-/m0/s1. The first-order chi connectivity index (χ1) is 11.8. The molecule has 0 aromatic heterocycles. The van der Waals surface area contributed by atoms with Gasteiger partial charge in [0, 0.05) is 11.1 Å². The minimum Gasteiger partial charge on any atom is -0.335 e. The number of carbonyl (C=O) groups is 4. The summed E-state index contributed by atoms with van der Waals surface area (Å²) in [6.45, 7) is 1.01. The van der Waals surface area contributed by atoms with Crippen molar-refractivity contribution in [1.82, 2.24) is 20.9 Å². The van der Waals surface area contributed by atoms with Crippen LogP contribution in [0.5, 0.6) is 0 Å². The SMILES string of the molecule is C[C@@]1(c2ccc(Cl)cc2)NC(=O)N(CC(=O)NC(=O)NC2CC2)C1=O. The van der Waals surface area contributed by atoms with Gasteiger partial charge in [-0.3, -0.25) is 19.8 Å². The topological polar surface area (TPSA) is 108 Å². The summed E-state index contributed by atoms with van der Waals surface area (Å²) >= 11 is 5.84. The normalized spacial score (nSPS) is 22.6. The third kappa shape index (κ3) is 3.58. The molecule has 9 heteroatoms. The van der Waals surface area contributed by atoms with Gasteiger partial charge in [0.25, 0.3) is 5.91 Å². The summed E-state index contributed by atoms with van der Waals surface area (Å²) in [4.78, 5) is 49.1. The Hall–Kier alpha value is -2.61. The second kappa shape index (κ2) is 6.36. The van der Waals surface area contributed by atoms with Crippen LogP contribution in [0.3, 0.4) is 0 Å². The lowest BCUT2D eigenvalue weighted by Gasteiger charge is -2.22. The van der Waals surface area contributed by atoms with Crippen LogP contribution in [0.1, 0.15) is 25.3 Å². The zero-order chi connectivity index (χ0) is 18.2. The van der Waals surface area contributed by atoms with E-state index in [0.29, 0.717) is 10.6 Å². The highest BCUT2D eigenvalue weighted by Crippen LogP contribution is 2.29. The molecule has 3 N–H and O–H groups in total. The first-order valence-corrected chi connectivity index (χ1v) is 8.18. The van der Waals surface area contributed by atoms with E-state index in [2.05, 4.69) is 16.0 Å². The van der Waals surface area contributed by atoms with E-state index in [9.17, 15) is 19.2 Å². The van der Waals surface area contributed by atoms with E-state index in [1.165, 1.54) is 0 Å². The van der Waals surface area contributed by atoms with E-state index in [4.69, 9.17) is 11.6 Å². The molecule has 8 nitrogen and oxygen atoms in total. The lowest BCUT2D eigenvalue weighted by molar-refractivity contribution is -0.134. The van der Waals surface area contributed by atoms with E-state index in [1.807, 2.05) is 0 Å². The Labute approximate surface area is 148 Å². The summed E-state index contributed by atoms with van der Waals surface area (Å²) < 4.78 is 0. The van der Waals surface area contributed by atoms with Gasteiger partial charge in [0.1, 0.15) is 12.1 Å². The van der Waals surface area contributed by atoms with Gasteiger partial charge in [-0.2, -0.15) is 0 Å². The molecule has 1 aromatic carbocycles. The third-order valence-electron chi connectivity index (χ3n) is 4.16. The van der Waals surface area contributed by atoms with Gasteiger partial charge in [-0.1, -0.05) is 23.7 Å². The van der Waals surface area contributed by atoms with Gasteiger partial charge in [0.05, 0.1) is 0 Å². The maximum absolute atomic E-state index is 12.7. The van der Waals surface area contributed by atoms with Crippen LogP contribution in [0.4, 0.5) is 9.59 Å². The molecule has 3 rings (SSSR count). The molecule has 1 atom stereocenters. The predicted octanol–water partition coefficient (Wildman–Crippen LogP) is 1.10. The quantitative estimate of drug-likeness (QED) is 0.695. The molecule has 0 unspecified atom stereocenters. The van der Waals surface area contributed by atoms with Gasteiger partial charge >= 0.3 is 12.1 Å². The van der Waals surface area contributed by atoms with Crippen molar-refractivity contribution >= 4 is 35.5 Å². The fourth-order valence-electron chi connectivity index (χ4n) is 2.58. The fourth-order valence-corrected chi connectivity index (χ4v) is 2.70. The minimum absolute atomic E-state index is 0.0951. The Balaban J connectivity index is 1.67. The van der Waals surface area contributed by atoms with Crippen LogP contribution in [-0.2, 0) is 15.1 Å². The van der Waals surface area contributed by atoms with Crippen molar-refractivity contribution in [1.29, 1.82) is 0 Å². The summed E-state index contributed by atoms with van der Waals surface area (Å²) in [7, 11) is 0. The number of nitrogens with one attached hydrogen (secondary N) is 3. The molecule has 0 spiro atoms. The second-order valence-corrected chi connectivity index (χ2v) is 6.69. The monoisotopic (exact) mass is 364 g/mol. The molecular formula is C16H17ClN4O4. The molecule has 1 aromatic rings. The average molecular weight is 365 g/mol. The van der Waals surface area contributed by atoms with Crippen molar-refractivity contribution in [2.75, 3.05) is 6.54 Å². The average Bonchev–Trinajstić information content (AvgIpc) is 3.32. The summed E-state index contributed by atoms with van der Waals surface area (Å²) in [5.74, 6) is -1.31. The highest BCUT2D eigenvalue weighted by molar-refractivity contribution is 6.30. The van der Waals surface area contributed by atoms with Crippen molar-refractivity contribution < 1.29 is 19.2 Å². The molecule has 2 aliphatic rings. The van der Waals surface area contributed by atoms with Gasteiger partial charge in [-0.25, -0.2) is 9.59 Å². The third-order valence-corrected chi connectivity index (χ3v) is 4.42. The summed E-state index contributed by atoms with van der Waals surface area (Å²) in [6, 6.07) is 5.26. The largest absolute Gasteiger partial charge is 0.335 e. The van der Waals surface area contributed by atoms with Gasteiger partial charge in [-0.15, -0.1) is 0 Å². The molecule has 6 amide bonds. The molecule has 0 bridgehead atoms. The maximum atomic E-state index is 12.7. The molecule has 1 aliphatic heterocycles. The Kier molecular flexibility index (Phi) is 4.38. The van der Waals surface area contributed by atoms with Crippen LogP contribution in [0.25, 0.3) is 0 Å². The lowest BCUT2D eigenvalue weighted by atomic mass is 9.92. The van der Waals surface area contributed by atoms with E-state index in [-0.39, 0.29) is 6.04 Å². The Morgan fingerprint density at radius 2 is 1.92 bits per heavy atom. The maximum Gasteiger partial charge on any atom is 0.325 e. The molecule has 2 fully saturated rings. The van der Waals surface area contributed by atoms with Crippen molar-refractivity contribution in [2.24, 2.45) is 0 Å². The van der Waals surface area contributed by atoms with Crippen LogP contribution in [-0.4, -0.2) is 41.4 Å². The summed E-state index contributed by atoms with van der Waals surface area (Å²) in [5, 5.41) is 7.79. The zero-order valence-electron chi connectivity index (χ0n) is 13.5. The number of rotatable bonds is 4.